The zero-order valence-corrected chi connectivity index (χ0v) is 22.1. The van der Waals surface area contributed by atoms with Gasteiger partial charge in [0.1, 0.15) is 11.2 Å². The van der Waals surface area contributed by atoms with Gasteiger partial charge in [-0.3, -0.25) is 9.36 Å². The number of amides is 1. The van der Waals surface area contributed by atoms with Crippen LogP contribution in [-0.2, 0) is 4.79 Å². The molecule has 2 aliphatic carbocycles. The van der Waals surface area contributed by atoms with Crippen molar-refractivity contribution >= 4 is 46.3 Å². The fourth-order valence-corrected chi connectivity index (χ4v) is 5.71. The van der Waals surface area contributed by atoms with Crippen LogP contribution in [0.1, 0.15) is 64.8 Å². The van der Waals surface area contributed by atoms with Gasteiger partial charge in [-0.15, -0.1) is 0 Å². The summed E-state index contributed by atoms with van der Waals surface area (Å²) in [5.41, 5.74) is 5.96. The minimum Gasteiger partial charge on any atom is -0.392 e. The Morgan fingerprint density at radius 3 is 2.47 bits per heavy atom. The lowest BCUT2D eigenvalue weighted by molar-refractivity contribution is -0.122. The molecule has 2 saturated carbocycles. The Balaban J connectivity index is 1.49. The van der Waals surface area contributed by atoms with Gasteiger partial charge in [0.2, 0.25) is 17.8 Å². The fourth-order valence-electron chi connectivity index (χ4n) is 5.52. The van der Waals surface area contributed by atoms with Crippen LogP contribution >= 0.6 is 11.6 Å². The molecular weight excluding hydrogens is 516 g/mol. The zero-order chi connectivity index (χ0) is 27.2. The van der Waals surface area contributed by atoms with Gasteiger partial charge in [0.15, 0.2) is 17.3 Å². The molecule has 0 radical (unpaired) electrons. The second-order valence-corrected chi connectivity index (χ2v) is 11.5. The Bertz CT molecular complexity index is 1330. The maximum absolute atomic E-state index is 14.6. The minimum atomic E-state index is -0.849. The van der Waals surface area contributed by atoms with E-state index in [-0.39, 0.29) is 46.0 Å². The molecule has 1 amide bonds. The van der Waals surface area contributed by atoms with Gasteiger partial charge in [-0.25, -0.2) is 18.7 Å². The van der Waals surface area contributed by atoms with Crippen molar-refractivity contribution in [2.24, 2.45) is 17.1 Å². The summed E-state index contributed by atoms with van der Waals surface area (Å²) in [7, 11) is 0. The molecule has 2 fully saturated rings. The summed E-state index contributed by atoms with van der Waals surface area (Å²) >= 11 is 5.80. The van der Waals surface area contributed by atoms with Gasteiger partial charge in [-0.1, -0.05) is 25.4 Å². The predicted octanol–water partition coefficient (Wildman–Crippen LogP) is 5.07. The molecular formula is C26H32ClF2N7O2. The minimum absolute atomic E-state index is 0.00714. The van der Waals surface area contributed by atoms with Crippen LogP contribution in [0.4, 0.5) is 26.4 Å². The van der Waals surface area contributed by atoms with Gasteiger partial charge < -0.3 is 21.5 Å². The molecule has 3 aromatic rings. The third-order valence-corrected chi connectivity index (χ3v) is 8.24. The number of nitrogens with zero attached hydrogens (tertiary/aromatic N) is 4. The van der Waals surface area contributed by atoms with Crippen LogP contribution in [0.2, 0.25) is 5.02 Å². The quantitative estimate of drug-likeness (QED) is 0.339. The van der Waals surface area contributed by atoms with E-state index in [1.807, 2.05) is 4.57 Å². The van der Waals surface area contributed by atoms with E-state index in [9.17, 15) is 18.7 Å². The number of carbonyl (C=O) groups excluding carboxylic acids is 1. The van der Waals surface area contributed by atoms with Crippen molar-refractivity contribution in [2.75, 3.05) is 10.6 Å². The molecule has 0 aliphatic heterocycles. The number of hydrogen-bond donors (Lipinski definition) is 4. The SMILES string of the molecule is CC1(C)CC[C@@H](Nc2ncc3nc(Nc4c(F)cc(Cl)cc4F)n(C4CCC(C(N)=O)CC4)c3n2)C[C@H]1O. The van der Waals surface area contributed by atoms with E-state index >= 15 is 0 Å². The lowest BCUT2D eigenvalue weighted by Gasteiger charge is -2.39. The monoisotopic (exact) mass is 547 g/mol. The summed E-state index contributed by atoms with van der Waals surface area (Å²) in [6, 6.07) is 1.93. The van der Waals surface area contributed by atoms with E-state index in [1.165, 1.54) is 0 Å². The number of primary amides is 1. The van der Waals surface area contributed by atoms with Gasteiger partial charge in [0.25, 0.3) is 0 Å². The second kappa shape index (κ2) is 10.3. The van der Waals surface area contributed by atoms with Gasteiger partial charge in [-0.05, 0) is 62.5 Å². The van der Waals surface area contributed by atoms with E-state index < -0.39 is 17.7 Å². The molecule has 9 nitrogen and oxygen atoms in total. The molecule has 2 atom stereocenters. The van der Waals surface area contributed by atoms with Crippen molar-refractivity contribution in [1.29, 1.82) is 0 Å². The number of fused-ring (bicyclic) bond motifs is 1. The molecule has 5 rings (SSSR count). The zero-order valence-electron chi connectivity index (χ0n) is 21.3. The normalized spacial score (nSPS) is 25.3. The summed E-state index contributed by atoms with van der Waals surface area (Å²) in [6.45, 7) is 4.12. The number of nitrogens with two attached hydrogens (primary N) is 1. The Labute approximate surface area is 224 Å². The Morgan fingerprint density at radius 1 is 1.16 bits per heavy atom. The largest absolute Gasteiger partial charge is 0.392 e. The van der Waals surface area contributed by atoms with Crippen LogP contribution in [0.15, 0.2) is 18.3 Å². The van der Waals surface area contributed by atoms with Crippen LogP contribution in [0.25, 0.3) is 11.2 Å². The second-order valence-electron chi connectivity index (χ2n) is 11.1. The number of imidazole rings is 1. The fraction of sp³-hybridized carbons (Fsp3) is 0.538. The summed E-state index contributed by atoms with van der Waals surface area (Å²) in [6.07, 6.45) is 5.86. The first kappa shape index (κ1) is 26.6. The molecule has 204 valence electrons. The lowest BCUT2D eigenvalue weighted by Crippen LogP contribution is -2.41. The van der Waals surface area contributed by atoms with E-state index in [4.69, 9.17) is 22.3 Å². The van der Waals surface area contributed by atoms with Crippen molar-refractivity contribution in [1.82, 2.24) is 19.5 Å². The van der Waals surface area contributed by atoms with Crippen molar-refractivity contribution in [3.63, 3.8) is 0 Å². The molecule has 2 aromatic heterocycles. The van der Waals surface area contributed by atoms with Gasteiger partial charge in [0.05, 0.1) is 12.3 Å². The van der Waals surface area contributed by atoms with E-state index in [1.54, 1.807) is 6.20 Å². The molecule has 0 bridgehead atoms. The molecule has 38 heavy (non-hydrogen) atoms. The summed E-state index contributed by atoms with van der Waals surface area (Å²) in [5, 5.41) is 16.6. The Hall–Kier alpha value is -3.05. The van der Waals surface area contributed by atoms with E-state index in [2.05, 4.69) is 34.4 Å². The summed E-state index contributed by atoms with van der Waals surface area (Å²) < 4.78 is 31.1. The summed E-state index contributed by atoms with van der Waals surface area (Å²) in [5.74, 6) is -1.64. The number of hydrogen-bond acceptors (Lipinski definition) is 7. The topological polar surface area (TPSA) is 131 Å². The highest BCUT2D eigenvalue weighted by Crippen LogP contribution is 2.39. The smallest absolute Gasteiger partial charge is 0.224 e. The lowest BCUT2D eigenvalue weighted by atomic mass is 9.73. The molecule has 2 aliphatic rings. The van der Waals surface area contributed by atoms with Crippen molar-refractivity contribution in [2.45, 2.75) is 77.0 Å². The highest BCUT2D eigenvalue weighted by molar-refractivity contribution is 6.30. The van der Waals surface area contributed by atoms with Crippen LogP contribution < -0.4 is 16.4 Å². The van der Waals surface area contributed by atoms with Gasteiger partial charge >= 0.3 is 0 Å². The summed E-state index contributed by atoms with van der Waals surface area (Å²) in [4.78, 5) is 25.4. The number of benzene rings is 1. The Morgan fingerprint density at radius 2 is 1.84 bits per heavy atom. The van der Waals surface area contributed by atoms with Gasteiger partial charge in [-0.2, -0.15) is 4.98 Å². The number of aliphatic hydroxyl groups excluding tert-OH is 1. The Kier molecular flexibility index (Phi) is 7.17. The first-order valence-electron chi connectivity index (χ1n) is 12.9. The number of aromatic nitrogens is 4. The number of carbonyl (C=O) groups is 1. The average Bonchev–Trinajstić information content (AvgIpc) is 3.21. The van der Waals surface area contributed by atoms with Crippen LogP contribution in [0.5, 0.6) is 0 Å². The third kappa shape index (κ3) is 5.26. The maximum Gasteiger partial charge on any atom is 0.224 e. The first-order valence-corrected chi connectivity index (χ1v) is 13.3. The molecule has 1 aromatic carbocycles. The number of aliphatic hydroxyl groups is 1. The van der Waals surface area contributed by atoms with Crippen LogP contribution in [0.3, 0.4) is 0 Å². The highest BCUT2D eigenvalue weighted by atomic mass is 35.5. The van der Waals surface area contributed by atoms with Crippen molar-refractivity contribution < 1.29 is 18.7 Å². The van der Waals surface area contributed by atoms with Gasteiger partial charge in [0, 0.05) is 23.0 Å². The van der Waals surface area contributed by atoms with E-state index in [0.29, 0.717) is 49.2 Å². The molecule has 5 N–H and O–H groups in total. The molecule has 0 spiro atoms. The van der Waals surface area contributed by atoms with Crippen LogP contribution in [0, 0.1) is 23.0 Å². The number of nitrogens with one attached hydrogen (secondary N) is 2. The molecule has 0 saturated heterocycles. The van der Waals surface area contributed by atoms with Crippen LogP contribution in [-0.4, -0.2) is 42.7 Å². The molecule has 2 heterocycles. The number of rotatable bonds is 6. The van der Waals surface area contributed by atoms with E-state index in [0.717, 1.165) is 25.0 Å². The molecule has 12 heteroatoms. The van der Waals surface area contributed by atoms with Crippen molar-refractivity contribution in [3.8, 4) is 0 Å². The number of halogens is 3. The van der Waals surface area contributed by atoms with Crippen molar-refractivity contribution in [3.05, 3.63) is 35.0 Å². The number of anilines is 3. The average molecular weight is 548 g/mol. The maximum atomic E-state index is 14.6. The molecule has 0 unspecified atom stereocenters. The standard InChI is InChI=1S/C26H32ClF2N7O2/c1-26(2)8-7-15(11-20(26)37)32-24-31-12-19-23(35-24)36(16-5-3-13(4-6-16)22(30)38)25(33-19)34-21-17(28)9-14(27)10-18(21)29/h9-10,12-13,15-16,20,37H,3-8,11H2,1-2H3,(H2,30,38)(H,33,34)(H,31,32,35)/t13?,15-,16?,20-/m1/s1. The predicted molar refractivity (Wildman–Crippen MR) is 141 cm³/mol. The third-order valence-electron chi connectivity index (χ3n) is 8.02. The first-order chi connectivity index (χ1) is 18.0. The highest BCUT2D eigenvalue weighted by Gasteiger charge is 2.35.